The maximum atomic E-state index is 12.9. The van der Waals surface area contributed by atoms with Crippen LogP contribution in [0.3, 0.4) is 0 Å². The van der Waals surface area contributed by atoms with E-state index in [-0.39, 0.29) is 69.7 Å². The van der Waals surface area contributed by atoms with E-state index in [9.17, 15) is 26.4 Å². The Bertz CT molecular complexity index is 2780. The van der Waals surface area contributed by atoms with Crippen LogP contribution in [0, 0.1) is 0 Å². The molecule has 4 aromatic heterocycles. The summed E-state index contributed by atoms with van der Waals surface area (Å²) in [5.74, 6) is -0.676. The summed E-state index contributed by atoms with van der Waals surface area (Å²) in [6, 6.07) is 21.8. The number of nitrogens with zero attached hydrogens (tertiary/aromatic N) is 4. The Morgan fingerprint density at radius 1 is 0.541 bits per heavy atom. The van der Waals surface area contributed by atoms with Crippen molar-refractivity contribution in [2.45, 2.75) is 62.2 Å². The van der Waals surface area contributed by atoms with Crippen LogP contribution in [0.15, 0.2) is 120 Å². The molecule has 0 saturated heterocycles. The molecule has 6 rings (SSSR count). The number of nitrogens with one attached hydrogen (secondary N) is 2. The maximum Gasteiger partial charge on any atom is 0.261 e. The van der Waals surface area contributed by atoms with Crippen molar-refractivity contribution in [3.05, 3.63) is 159 Å². The first kappa shape index (κ1) is 46.6. The Morgan fingerprint density at radius 3 is 1.26 bits per heavy atom. The first-order chi connectivity index (χ1) is 28.5. The molecule has 0 radical (unpaired) electrons. The standard InChI is InChI=1S/C22H22ClN3O4S.C21H19Cl2N3O3S/c1-22(2,3)15-6-8-17(9-7-15)31(28,29)26-18-11-16(23)13-25-20(18)21(27)14-5-10-19(30-4)24-12-14;1-21(2,3)14-5-7-16(8-6-14)30(28,29)26-17-10-15(22)12-25-19(17)20(27)13-4-9-18(23)24-11-13/h5-13,26H,1-4H3;4-12,26H,1-3H3. The normalized spacial score (nSPS) is 11.8. The molecule has 13 nitrogen and oxygen atoms in total. The van der Waals surface area contributed by atoms with Gasteiger partial charge in [-0.1, -0.05) is 101 Å². The van der Waals surface area contributed by atoms with Crippen LogP contribution in [-0.4, -0.2) is 55.4 Å². The third kappa shape index (κ3) is 11.9. The minimum Gasteiger partial charge on any atom is -0.481 e. The van der Waals surface area contributed by atoms with Crippen LogP contribution in [0.1, 0.15) is 84.8 Å². The minimum atomic E-state index is -3.98. The van der Waals surface area contributed by atoms with Crippen LogP contribution in [0.2, 0.25) is 15.2 Å². The number of anilines is 2. The number of methoxy groups -OCH3 is 1. The van der Waals surface area contributed by atoms with Crippen molar-refractivity contribution >= 4 is 77.8 Å². The molecule has 0 fully saturated rings. The first-order valence-electron chi connectivity index (χ1n) is 18.3. The van der Waals surface area contributed by atoms with Gasteiger partial charge in [-0.3, -0.25) is 19.0 Å². The van der Waals surface area contributed by atoms with Crippen LogP contribution < -0.4 is 14.2 Å². The molecule has 2 aromatic carbocycles. The number of hydrogen-bond donors (Lipinski definition) is 2. The highest BCUT2D eigenvalue weighted by Gasteiger charge is 2.25. The van der Waals surface area contributed by atoms with Gasteiger partial charge in [-0.25, -0.2) is 36.8 Å². The van der Waals surface area contributed by atoms with Crippen LogP contribution in [0.25, 0.3) is 0 Å². The van der Waals surface area contributed by atoms with Crippen molar-refractivity contribution in [2.24, 2.45) is 0 Å². The fraction of sp³-hybridized carbons (Fsp3) is 0.209. The van der Waals surface area contributed by atoms with Gasteiger partial charge in [0.15, 0.2) is 0 Å². The summed E-state index contributed by atoms with van der Waals surface area (Å²) >= 11 is 17.8. The van der Waals surface area contributed by atoms with Gasteiger partial charge in [0.2, 0.25) is 17.4 Å². The highest BCUT2D eigenvalue weighted by atomic mass is 35.5. The van der Waals surface area contributed by atoms with Crippen LogP contribution in [-0.2, 0) is 30.9 Å². The molecule has 0 saturated carbocycles. The van der Waals surface area contributed by atoms with E-state index in [1.54, 1.807) is 24.3 Å². The van der Waals surface area contributed by atoms with Gasteiger partial charge in [0.05, 0.1) is 38.3 Å². The molecule has 0 amide bonds. The van der Waals surface area contributed by atoms with E-state index >= 15 is 0 Å². The van der Waals surface area contributed by atoms with E-state index < -0.39 is 31.6 Å². The topological polar surface area (TPSA) is 187 Å². The van der Waals surface area contributed by atoms with Crippen molar-refractivity contribution in [2.75, 3.05) is 16.6 Å². The Balaban J connectivity index is 0.000000231. The fourth-order valence-electron chi connectivity index (χ4n) is 5.49. The van der Waals surface area contributed by atoms with E-state index in [1.807, 2.05) is 41.5 Å². The summed E-state index contributed by atoms with van der Waals surface area (Å²) in [6.07, 6.45) is 5.18. The molecule has 4 heterocycles. The number of hydrogen-bond acceptors (Lipinski definition) is 11. The quantitative estimate of drug-likeness (QED) is 0.0931. The third-order valence-electron chi connectivity index (χ3n) is 8.89. The van der Waals surface area contributed by atoms with Gasteiger partial charge in [0.25, 0.3) is 20.0 Å². The fourth-order valence-corrected chi connectivity index (χ4v) is 8.03. The number of sulfonamides is 2. The molecule has 61 heavy (non-hydrogen) atoms. The SMILES string of the molecule is CC(C)(C)c1ccc(S(=O)(=O)Nc2cc(Cl)cnc2C(=O)c2ccc(Cl)nc2)cc1.COc1ccc(C(=O)c2ncc(Cl)cc2NS(=O)(=O)c2ccc(C(C)(C)C)cc2)cn1. The van der Waals surface area contributed by atoms with Gasteiger partial charge in [-0.2, -0.15) is 0 Å². The predicted octanol–water partition coefficient (Wildman–Crippen LogP) is 9.58. The molecular formula is C43H41Cl3N6O7S2. The van der Waals surface area contributed by atoms with Gasteiger partial charge in [0.1, 0.15) is 16.5 Å². The molecule has 6 aromatic rings. The number of benzene rings is 2. The van der Waals surface area contributed by atoms with Gasteiger partial charge < -0.3 is 4.74 Å². The predicted molar refractivity (Wildman–Crippen MR) is 237 cm³/mol. The molecule has 2 N–H and O–H groups in total. The molecule has 0 aliphatic carbocycles. The highest BCUT2D eigenvalue weighted by Crippen LogP contribution is 2.29. The number of pyridine rings is 4. The lowest BCUT2D eigenvalue weighted by Gasteiger charge is -2.19. The summed E-state index contributed by atoms with van der Waals surface area (Å²) in [7, 11) is -6.49. The van der Waals surface area contributed by atoms with Crippen LogP contribution >= 0.6 is 34.8 Å². The maximum absolute atomic E-state index is 12.9. The minimum absolute atomic E-state index is 0.0202. The average molecular weight is 924 g/mol. The Hall–Kier alpha value is -5.45. The zero-order valence-corrected chi connectivity index (χ0v) is 37.9. The second-order valence-corrected chi connectivity index (χ2v) is 20.1. The Labute approximate surface area is 370 Å². The highest BCUT2D eigenvalue weighted by molar-refractivity contribution is 7.93. The van der Waals surface area contributed by atoms with Gasteiger partial charge >= 0.3 is 0 Å². The number of carbonyl (C=O) groups excluding carboxylic acids is 2. The molecule has 0 spiro atoms. The summed E-state index contributed by atoms with van der Waals surface area (Å²) < 4.78 is 61.6. The van der Waals surface area contributed by atoms with E-state index in [0.29, 0.717) is 5.88 Å². The van der Waals surface area contributed by atoms with E-state index in [4.69, 9.17) is 39.5 Å². The lowest BCUT2D eigenvalue weighted by molar-refractivity contribution is 0.102. The third-order valence-corrected chi connectivity index (χ3v) is 12.3. The first-order valence-corrected chi connectivity index (χ1v) is 22.4. The van der Waals surface area contributed by atoms with Crippen LogP contribution in [0.5, 0.6) is 5.88 Å². The number of halogens is 3. The summed E-state index contributed by atoms with van der Waals surface area (Å²) in [5.41, 5.74) is 1.97. The zero-order chi connectivity index (χ0) is 44.9. The van der Waals surface area contributed by atoms with E-state index in [1.165, 1.54) is 92.6 Å². The monoisotopic (exact) mass is 922 g/mol. The number of ketones is 2. The smallest absolute Gasteiger partial charge is 0.261 e. The summed E-state index contributed by atoms with van der Waals surface area (Å²) in [4.78, 5) is 41.9. The lowest BCUT2D eigenvalue weighted by atomic mass is 9.87. The summed E-state index contributed by atoms with van der Waals surface area (Å²) in [6.45, 7) is 12.2. The van der Waals surface area contributed by atoms with Gasteiger partial charge in [0, 0.05) is 42.0 Å². The van der Waals surface area contributed by atoms with Gasteiger partial charge in [-0.15, -0.1) is 0 Å². The second kappa shape index (κ2) is 18.7. The number of aromatic nitrogens is 4. The molecule has 0 atom stereocenters. The Morgan fingerprint density at radius 2 is 0.934 bits per heavy atom. The zero-order valence-electron chi connectivity index (χ0n) is 34.0. The van der Waals surface area contributed by atoms with Crippen LogP contribution in [0.4, 0.5) is 11.4 Å². The van der Waals surface area contributed by atoms with Crippen molar-refractivity contribution in [3.63, 3.8) is 0 Å². The number of carbonyl (C=O) groups is 2. The molecule has 0 aliphatic rings. The van der Waals surface area contributed by atoms with Gasteiger partial charge in [-0.05, 0) is 76.6 Å². The van der Waals surface area contributed by atoms with Crippen molar-refractivity contribution in [1.29, 1.82) is 0 Å². The average Bonchev–Trinajstić information content (AvgIpc) is 3.20. The molecule has 0 unspecified atom stereocenters. The molecule has 0 aliphatic heterocycles. The number of rotatable bonds is 11. The Kier molecular flexibility index (Phi) is 14.3. The molecule has 18 heteroatoms. The lowest BCUT2D eigenvalue weighted by Crippen LogP contribution is -2.18. The number of ether oxygens (including phenoxy) is 1. The van der Waals surface area contributed by atoms with E-state index in [2.05, 4.69) is 29.4 Å². The largest absolute Gasteiger partial charge is 0.481 e. The van der Waals surface area contributed by atoms with Crippen molar-refractivity contribution < 1.29 is 31.2 Å². The van der Waals surface area contributed by atoms with E-state index in [0.717, 1.165) is 11.1 Å². The van der Waals surface area contributed by atoms with Crippen molar-refractivity contribution in [1.82, 2.24) is 19.9 Å². The summed E-state index contributed by atoms with van der Waals surface area (Å²) in [5, 5.41) is 0.599. The molecular weight excluding hydrogens is 883 g/mol. The second-order valence-electron chi connectivity index (χ2n) is 15.5. The molecule has 318 valence electrons. The van der Waals surface area contributed by atoms with Crippen molar-refractivity contribution in [3.8, 4) is 5.88 Å². The molecule has 0 bridgehead atoms.